The summed E-state index contributed by atoms with van der Waals surface area (Å²) in [5, 5.41) is 0. The highest BCUT2D eigenvalue weighted by Crippen LogP contribution is 2.03. The molecule has 0 saturated carbocycles. The van der Waals surface area contributed by atoms with Crippen molar-refractivity contribution in [1.82, 2.24) is 0 Å². The molecule has 1 rings (SSSR count). The maximum atomic E-state index is 12.1. The van der Waals surface area contributed by atoms with Crippen LogP contribution in [-0.4, -0.2) is 20.1 Å². The van der Waals surface area contributed by atoms with Gasteiger partial charge < -0.3 is 4.74 Å². The second-order valence-corrected chi connectivity index (χ2v) is 4.63. The van der Waals surface area contributed by atoms with Gasteiger partial charge in [-0.1, -0.05) is 30.3 Å². The van der Waals surface area contributed by atoms with Gasteiger partial charge in [-0.2, -0.15) is 8.42 Å². The van der Waals surface area contributed by atoms with Crippen LogP contribution in [0.25, 0.3) is 0 Å². The van der Waals surface area contributed by atoms with Gasteiger partial charge in [-0.25, -0.2) is 0 Å². The number of halogens is 1. The van der Waals surface area contributed by atoms with Crippen LogP contribution in [0.2, 0.25) is 0 Å². The molecule has 0 fully saturated rings. The van der Waals surface area contributed by atoms with Crippen LogP contribution in [0.15, 0.2) is 30.3 Å². The van der Waals surface area contributed by atoms with Gasteiger partial charge in [0.2, 0.25) is 0 Å². The molecule has 0 aromatic heterocycles. The summed E-state index contributed by atoms with van der Waals surface area (Å²) in [5.74, 6) is -1.56. The zero-order valence-electron chi connectivity index (χ0n) is 8.43. The van der Waals surface area contributed by atoms with Gasteiger partial charge in [0.15, 0.2) is 0 Å². The van der Waals surface area contributed by atoms with Crippen molar-refractivity contribution in [2.45, 2.75) is 13.0 Å². The van der Waals surface area contributed by atoms with Crippen molar-refractivity contribution in [2.75, 3.05) is 5.75 Å². The lowest BCUT2D eigenvalue weighted by Gasteiger charge is -2.03. The molecule has 0 atom stereocenters. The molecule has 88 valence electrons. The number of carbonyl (C=O) groups excluding carboxylic acids is 1. The average molecular weight is 246 g/mol. The predicted octanol–water partition coefficient (Wildman–Crippen LogP) is 1.42. The fourth-order valence-electron chi connectivity index (χ4n) is 1.02. The first kappa shape index (κ1) is 12.6. The van der Waals surface area contributed by atoms with Crippen molar-refractivity contribution in [1.29, 1.82) is 0 Å². The van der Waals surface area contributed by atoms with Gasteiger partial charge in [-0.3, -0.25) is 4.79 Å². The van der Waals surface area contributed by atoms with Crippen LogP contribution in [0.3, 0.4) is 0 Å². The summed E-state index contributed by atoms with van der Waals surface area (Å²) in [6.07, 6.45) is -0.467. The second kappa shape index (κ2) is 5.60. The Bertz CT molecular complexity index is 441. The van der Waals surface area contributed by atoms with Crippen molar-refractivity contribution in [3.8, 4) is 0 Å². The first-order valence-electron chi connectivity index (χ1n) is 4.59. The van der Waals surface area contributed by atoms with Crippen LogP contribution >= 0.6 is 0 Å². The normalized spacial score (nSPS) is 11.1. The summed E-state index contributed by atoms with van der Waals surface area (Å²) in [7, 11) is -4.60. The van der Waals surface area contributed by atoms with E-state index in [4.69, 9.17) is 4.74 Å². The molecule has 0 unspecified atom stereocenters. The molecule has 0 aliphatic carbocycles. The standard InChI is InChI=1S/C10H11FO4S/c11-16(13,14)7-6-10(12)15-8-9-4-2-1-3-5-9/h1-5H,6-8H2. The summed E-state index contributed by atoms with van der Waals surface area (Å²) in [4.78, 5) is 11.0. The van der Waals surface area contributed by atoms with Crippen molar-refractivity contribution in [2.24, 2.45) is 0 Å². The molecule has 1 aromatic carbocycles. The highest BCUT2D eigenvalue weighted by atomic mass is 32.3. The minimum atomic E-state index is -4.60. The second-order valence-electron chi connectivity index (χ2n) is 3.14. The molecular weight excluding hydrogens is 235 g/mol. The zero-order valence-corrected chi connectivity index (χ0v) is 9.24. The summed E-state index contributed by atoms with van der Waals surface area (Å²) in [6, 6.07) is 8.92. The number of rotatable bonds is 5. The van der Waals surface area contributed by atoms with Gasteiger partial charge in [0.25, 0.3) is 0 Å². The van der Waals surface area contributed by atoms with E-state index < -0.39 is 28.4 Å². The molecule has 0 saturated heterocycles. The number of benzene rings is 1. The largest absolute Gasteiger partial charge is 0.461 e. The third-order valence-corrected chi connectivity index (χ3v) is 2.48. The van der Waals surface area contributed by atoms with E-state index in [0.717, 1.165) is 5.56 Å². The SMILES string of the molecule is O=C(CCS(=O)(=O)F)OCc1ccccc1. The van der Waals surface area contributed by atoms with Crippen LogP contribution in [0.1, 0.15) is 12.0 Å². The van der Waals surface area contributed by atoms with E-state index >= 15 is 0 Å². The molecule has 0 aliphatic rings. The third-order valence-electron chi connectivity index (χ3n) is 1.79. The topological polar surface area (TPSA) is 60.4 Å². The minimum Gasteiger partial charge on any atom is -0.461 e. The lowest BCUT2D eigenvalue weighted by molar-refractivity contribution is -0.144. The van der Waals surface area contributed by atoms with Gasteiger partial charge in [0.05, 0.1) is 12.2 Å². The monoisotopic (exact) mass is 246 g/mol. The highest BCUT2D eigenvalue weighted by molar-refractivity contribution is 7.86. The van der Waals surface area contributed by atoms with Crippen LogP contribution in [0.5, 0.6) is 0 Å². The van der Waals surface area contributed by atoms with Crippen molar-refractivity contribution < 1.29 is 21.8 Å². The highest BCUT2D eigenvalue weighted by Gasteiger charge is 2.12. The Morgan fingerprint density at radius 1 is 1.25 bits per heavy atom. The summed E-state index contributed by atoms with van der Waals surface area (Å²) in [6.45, 7) is 0.0615. The van der Waals surface area contributed by atoms with Crippen molar-refractivity contribution in [3.05, 3.63) is 35.9 Å². The Balaban J connectivity index is 2.31. The van der Waals surface area contributed by atoms with E-state index in [-0.39, 0.29) is 6.61 Å². The van der Waals surface area contributed by atoms with E-state index in [2.05, 4.69) is 0 Å². The molecule has 0 N–H and O–H groups in total. The van der Waals surface area contributed by atoms with E-state index in [0.29, 0.717) is 0 Å². The lowest BCUT2D eigenvalue weighted by Crippen LogP contribution is -2.10. The Hall–Kier alpha value is -1.43. The molecule has 0 bridgehead atoms. The summed E-state index contributed by atoms with van der Waals surface area (Å²) >= 11 is 0. The molecule has 0 radical (unpaired) electrons. The van der Waals surface area contributed by atoms with E-state index in [1.54, 1.807) is 24.3 Å². The predicted molar refractivity (Wildman–Crippen MR) is 55.7 cm³/mol. The molecule has 0 spiro atoms. The smallest absolute Gasteiger partial charge is 0.307 e. The first-order chi connectivity index (χ1) is 7.47. The van der Waals surface area contributed by atoms with Gasteiger partial charge in [-0.15, -0.1) is 3.89 Å². The fourth-order valence-corrected chi connectivity index (χ4v) is 1.43. The quantitative estimate of drug-likeness (QED) is 0.582. The van der Waals surface area contributed by atoms with Crippen molar-refractivity contribution in [3.63, 3.8) is 0 Å². The Labute approximate surface area is 93.3 Å². The van der Waals surface area contributed by atoms with Gasteiger partial charge in [0, 0.05) is 0 Å². The van der Waals surface area contributed by atoms with Crippen LogP contribution in [0.4, 0.5) is 3.89 Å². The number of hydrogen-bond donors (Lipinski definition) is 0. The third kappa shape index (κ3) is 5.45. The number of hydrogen-bond acceptors (Lipinski definition) is 4. The maximum absolute atomic E-state index is 12.1. The zero-order chi connectivity index (χ0) is 12.0. The fraction of sp³-hybridized carbons (Fsp3) is 0.300. The maximum Gasteiger partial charge on any atom is 0.307 e. The van der Waals surface area contributed by atoms with Crippen molar-refractivity contribution >= 4 is 16.2 Å². The lowest BCUT2D eigenvalue weighted by atomic mass is 10.2. The summed E-state index contributed by atoms with van der Waals surface area (Å²) < 4.78 is 37.1. The number of esters is 1. The first-order valence-corrected chi connectivity index (χ1v) is 6.14. The number of ether oxygens (including phenoxy) is 1. The molecule has 0 amide bonds. The van der Waals surface area contributed by atoms with E-state index in [9.17, 15) is 17.1 Å². The van der Waals surface area contributed by atoms with Gasteiger partial charge in [-0.05, 0) is 5.56 Å². The Morgan fingerprint density at radius 2 is 1.88 bits per heavy atom. The summed E-state index contributed by atoms with van der Waals surface area (Å²) in [5.41, 5.74) is 0.791. The molecule has 1 aromatic rings. The van der Waals surface area contributed by atoms with Crippen LogP contribution in [0, 0.1) is 0 Å². The molecule has 0 aliphatic heterocycles. The minimum absolute atomic E-state index is 0.0615. The molecule has 16 heavy (non-hydrogen) atoms. The van der Waals surface area contributed by atoms with E-state index in [1.165, 1.54) is 0 Å². The number of carbonyl (C=O) groups is 1. The molecule has 6 heteroatoms. The molecule has 0 heterocycles. The molecule has 4 nitrogen and oxygen atoms in total. The Kier molecular flexibility index (Phi) is 4.42. The van der Waals surface area contributed by atoms with Crippen LogP contribution < -0.4 is 0 Å². The molecular formula is C10H11FO4S. The Morgan fingerprint density at radius 3 is 2.44 bits per heavy atom. The van der Waals surface area contributed by atoms with Crippen LogP contribution in [-0.2, 0) is 26.4 Å². The van der Waals surface area contributed by atoms with Gasteiger partial charge >= 0.3 is 16.2 Å². The van der Waals surface area contributed by atoms with E-state index in [1.807, 2.05) is 6.07 Å². The average Bonchev–Trinajstić information content (AvgIpc) is 2.24. The van der Waals surface area contributed by atoms with Gasteiger partial charge in [0.1, 0.15) is 6.61 Å².